The van der Waals surface area contributed by atoms with Crippen LogP contribution in [0.4, 0.5) is 10.1 Å². The molecule has 0 amide bonds. The van der Waals surface area contributed by atoms with E-state index in [0.29, 0.717) is 22.0 Å². The number of alkyl halides is 1. The maximum absolute atomic E-state index is 14.9. The number of nitriles is 1. The molecule has 0 aromatic heterocycles. The molecular formula is C30H25ClFN3O3. The predicted molar refractivity (Wildman–Crippen MR) is 146 cm³/mol. The van der Waals surface area contributed by atoms with Gasteiger partial charge in [0.2, 0.25) is 0 Å². The molecule has 1 saturated carbocycles. The van der Waals surface area contributed by atoms with Crippen LogP contribution in [-0.4, -0.2) is 18.2 Å². The summed E-state index contributed by atoms with van der Waals surface area (Å²) in [6.45, 7) is 0. The van der Waals surface area contributed by atoms with Crippen molar-refractivity contribution in [3.8, 4) is 11.8 Å². The number of halogens is 2. The van der Waals surface area contributed by atoms with Crippen molar-refractivity contribution in [2.45, 2.75) is 25.6 Å². The quantitative estimate of drug-likeness (QED) is 0.174. The number of carbonyl (C=O) groups is 1. The number of nitrogens with one attached hydrogen (secondary N) is 2. The molecule has 1 aliphatic heterocycles. The van der Waals surface area contributed by atoms with Crippen LogP contribution in [0.1, 0.15) is 58.9 Å². The molecule has 1 aliphatic carbocycles. The number of carboxylic acid groups (broad SMARTS) is 1. The summed E-state index contributed by atoms with van der Waals surface area (Å²) in [4.78, 5) is 11.0. The Morgan fingerprint density at radius 3 is 2.50 bits per heavy atom. The number of anilines is 1. The van der Waals surface area contributed by atoms with Crippen LogP contribution in [0.2, 0.25) is 5.02 Å². The van der Waals surface area contributed by atoms with Gasteiger partial charge in [-0.3, -0.25) is 0 Å². The molecule has 1 fully saturated rings. The van der Waals surface area contributed by atoms with Gasteiger partial charge in [-0.25, -0.2) is 14.6 Å². The summed E-state index contributed by atoms with van der Waals surface area (Å²) >= 11 is 6.81. The molecule has 6 nitrogen and oxygen atoms in total. The third kappa shape index (κ3) is 4.76. The number of aliphatic carboxylic acids is 1. The summed E-state index contributed by atoms with van der Waals surface area (Å²) in [5.74, 6) is -0.203. The lowest BCUT2D eigenvalue weighted by Gasteiger charge is -2.32. The molecule has 192 valence electrons. The molecule has 1 heterocycles. The van der Waals surface area contributed by atoms with Crippen LogP contribution in [0.15, 0.2) is 60.7 Å². The molecule has 3 aromatic carbocycles. The van der Waals surface area contributed by atoms with Gasteiger partial charge in [-0.15, -0.1) is 0 Å². The third-order valence-electron chi connectivity index (χ3n) is 7.08. The number of ether oxygens (including phenoxy) is 1. The van der Waals surface area contributed by atoms with Crippen molar-refractivity contribution in [2.75, 3.05) is 12.5 Å². The van der Waals surface area contributed by atoms with Gasteiger partial charge in [0.1, 0.15) is 11.8 Å². The van der Waals surface area contributed by atoms with Gasteiger partial charge in [0.05, 0.1) is 23.4 Å². The average molecular weight is 530 g/mol. The Labute approximate surface area is 225 Å². The highest BCUT2D eigenvalue weighted by Gasteiger charge is 2.32. The van der Waals surface area contributed by atoms with E-state index in [1.165, 1.54) is 6.08 Å². The first kappa shape index (κ1) is 25.5. The summed E-state index contributed by atoms with van der Waals surface area (Å²) in [6, 6.07) is 18.9. The molecule has 0 spiro atoms. The van der Waals surface area contributed by atoms with Crippen molar-refractivity contribution >= 4 is 40.5 Å². The number of hydrogen-bond donors (Lipinski definition) is 3. The summed E-state index contributed by atoms with van der Waals surface area (Å²) in [5, 5.41) is 19.8. The third-order valence-corrected chi connectivity index (χ3v) is 7.39. The average Bonchev–Trinajstić information content (AvgIpc) is 3.27. The number of hydrogen-bond acceptors (Lipinski definition) is 5. The molecule has 0 bridgehead atoms. The zero-order chi connectivity index (χ0) is 26.8. The van der Waals surface area contributed by atoms with E-state index in [1.54, 1.807) is 19.2 Å². The zero-order valence-electron chi connectivity index (χ0n) is 20.6. The number of rotatable bonds is 7. The van der Waals surface area contributed by atoms with Gasteiger partial charge in [0.15, 0.2) is 6.30 Å². The molecular weight excluding hydrogens is 505 g/mol. The normalized spacial score (nSPS) is 17.3. The molecule has 5 rings (SSSR count). The van der Waals surface area contributed by atoms with Gasteiger partial charge in [0.25, 0.3) is 0 Å². The van der Waals surface area contributed by atoms with E-state index in [1.807, 2.05) is 42.5 Å². The topological polar surface area (TPSA) is 94.4 Å². The van der Waals surface area contributed by atoms with Crippen LogP contribution in [0.25, 0.3) is 17.2 Å². The molecule has 3 aromatic rings. The summed E-state index contributed by atoms with van der Waals surface area (Å²) in [5.41, 5.74) is 11.2. The molecule has 3 N–H and O–H groups in total. The first-order valence-corrected chi connectivity index (χ1v) is 12.6. The van der Waals surface area contributed by atoms with E-state index in [-0.39, 0.29) is 17.0 Å². The highest BCUT2D eigenvalue weighted by Crippen LogP contribution is 2.49. The van der Waals surface area contributed by atoms with Crippen LogP contribution in [0.3, 0.4) is 0 Å². The maximum Gasteiger partial charge on any atom is 0.328 e. The molecule has 8 heteroatoms. The monoisotopic (exact) mass is 529 g/mol. The van der Waals surface area contributed by atoms with E-state index in [0.717, 1.165) is 53.2 Å². The van der Waals surface area contributed by atoms with Crippen molar-refractivity contribution in [2.24, 2.45) is 5.92 Å². The second-order valence-corrected chi connectivity index (χ2v) is 9.66. The standard InChI is InChI=1S/C30H25ClFN3O3/c1-38-20-10-11-22(24(31)15-20)28(18-3-2-4-18)27(19-8-5-17(6-9-19)7-14-26(36)37)21-12-13-25-29(23(21)16-33)30(32)35-34-25/h5-15,18,30,34-35H,2-4H2,1H3,(H,36,37)/b14-7+,28-27+. The zero-order valence-corrected chi connectivity index (χ0v) is 21.3. The SMILES string of the molecule is COc1ccc(/C(=C(\c2ccc(/C=C/C(=O)O)cc2)c2ccc3c(c2C#N)C(F)NN3)C2CCC2)c(Cl)c1. The van der Waals surface area contributed by atoms with E-state index in [9.17, 15) is 14.4 Å². The second kappa shape index (κ2) is 10.7. The van der Waals surface area contributed by atoms with Crippen molar-refractivity contribution in [1.82, 2.24) is 5.43 Å². The summed E-state index contributed by atoms with van der Waals surface area (Å²) < 4.78 is 20.3. The minimum atomic E-state index is -1.53. The van der Waals surface area contributed by atoms with Crippen LogP contribution >= 0.6 is 11.6 Å². The lowest BCUT2D eigenvalue weighted by molar-refractivity contribution is -0.131. The van der Waals surface area contributed by atoms with Crippen LogP contribution < -0.4 is 15.6 Å². The fourth-order valence-electron chi connectivity index (χ4n) is 5.02. The Balaban J connectivity index is 1.80. The number of hydrazine groups is 1. The number of benzene rings is 3. The van der Waals surface area contributed by atoms with Gasteiger partial charge in [-0.2, -0.15) is 5.26 Å². The number of nitrogens with zero attached hydrogens (tertiary/aromatic N) is 1. The van der Waals surface area contributed by atoms with Gasteiger partial charge in [-0.1, -0.05) is 48.4 Å². The van der Waals surface area contributed by atoms with Crippen molar-refractivity contribution < 1.29 is 19.0 Å². The Morgan fingerprint density at radius 1 is 1.16 bits per heavy atom. The Morgan fingerprint density at radius 2 is 1.89 bits per heavy atom. The molecule has 0 saturated heterocycles. The lowest BCUT2D eigenvalue weighted by atomic mass is 9.72. The maximum atomic E-state index is 14.9. The van der Waals surface area contributed by atoms with Crippen molar-refractivity contribution in [3.63, 3.8) is 0 Å². The van der Waals surface area contributed by atoms with Crippen LogP contribution in [-0.2, 0) is 4.79 Å². The highest BCUT2D eigenvalue weighted by atomic mass is 35.5. The van der Waals surface area contributed by atoms with Crippen LogP contribution in [0, 0.1) is 17.2 Å². The first-order chi connectivity index (χ1) is 18.4. The summed E-state index contributed by atoms with van der Waals surface area (Å²) in [7, 11) is 1.58. The van der Waals surface area contributed by atoms with Gasteiger partial charge in [-0.05, 0) is 76.9 Å². The number of methoxy groups -OCH3 is 1. The van der Waals surface area contributed by atoms with E-state index in [2.05, 4.69) is 16.9 Å². The van der Waals surface area contributed by atoms with Gasteiger partial charge in [0, 0.05) is 17.2 Å². The van der Waals surface area contributed by atoms with Gasteiger partial charge < -0.3 is 15.3 Å². The fourth-order valence-corrected chi connectivity index (χ4v) is 5.29. The largest absolute Gasteiger partial charge is 0.497 e. The Kier molecular flexibility index (Phi) is 7.19. The Bertz CT molecular complexity index is 1500. The number of fused-ring (bicyclic) bond motifs is 1. The van der Waals surface area contributed by atoms with Crippen molar-refractivity contribution in [3.05, 3.63) is 99.1 Å². The molecule has 0 radical (unpaired) electrons. The Hall–Kier alpha value is -4.12. The summed E-state index contributed by atoms with van der Waals surface area (Å²) in [6.07, 6.45) is 4.07. The van der Waals surface area contributed by atoms with Crippen LogP contribution in [0.5, 0.6) is 5.75 Å². The van der Waals surface area contributed by atoms with Gasteiger partial charge >= 0.3 is 5.97 Å². The fraction of sp³-hybridized carbons (Fsp3) is 0.200. The lowest BCUT2D eigenvalue weighted by Crippen LogP contribution is -2.16. The smallest absolute Gasteiger partial charge is 0.328 e. The highest BCUT2D eigenvalue weighted by molar-refractivity contribution is 6.33. The number of allylic oxidation sites excluding steroid dienone is 1. The molecule has 2 aliphatic rings. The molecule has 1 unspecified atom stereocenters. The predicted octanol–water partition coefficient (Wildman–Crippen LogP) is 6.98. The van der Waals surface area contributed by atoms with E-state index < -0.39 is 12.3 Å². The minimum absolute atomic E-state index is 0.194. The minimum Gasteiger partial charge on any atom is -0.497 e. The number of carboxylic acids is 1. The molecule has 38 heavy (non-hydrogen) atoms. The van der Waals surface area contributed by atoms with E-state index in [4.69, 9.17) is 21.4 Å². The molecule has 1 atom stereocenters. The first-order valence-electron chi connectivity index (χ1n) is 12.2. The second-order valence-electron chi connectivity index (χ2n) is 9.25. The van der Waals surface area contributed by atoms with Crippen molar-refractivity contribution in [1.29, 1.82) is 5.26 Å². The van der Waals surface area contributed by atoms with E-state index >= 15 is 0 Å².